The molecular formula is C20H27ClFN5OS. The Morgan fingerprint density at radius 3 is 2.62 bits per heavy atom. The Labute approximate surface area is 180 Å². The van der Waals surface area contributed by atoms with Gasteiger partial charge < -0.3 is 4.90 Å². The van der Waals surface area contributed by atoms with Crippen molar-refractivity contribution in [3.8, 4) is 0 Å². The van der Waals surface area contributed by atoms with Crippen molar-refractivity contribution in [2.45, 2.75) is 33.2 Å². The van der Waals surface area contributed by atoms with Gasteiger partial charge in [0.25, 0.3) is 5.91 Å². The van der Waals surface area contributed by atoms with Gasteiger partial charge in [-0.1, -0.05) is 17.4 Å². The number of thiazole rings is 1. The first kappa shape index (κ1) is 23.3. The summed E-state index contributed by atoms with van der Waals surface area (Å²) in [6, 6.07) is 6.74. The number of hydrogen-bond donors (Lipinski definition) is 0. The molecule has 0 radical (unpaired) electrons. The fourth-order valence-corrected chi connectivity index (χ4v) is 4.06. The zero-order valence-corrected chi connectivity index (χ0v) is 19.0. The van der Waals surface area contributed by atoms with E-state index in [0.29, 0.717) is 22.9 Å². The molecule has 0 unspecified atom stereocenters. The quantitative estimate of drug-likeness (QED) is 0.542. The molecule has 0 aliphatic carbocycles. The van der Waals surface area contributed by atoms with Gasteiger partial charge in [-0.3, -0.25) is 14.4 Å². The Balaban J connectivity index is 0.00000300. The zero-order valence-electron chi connectivity index (χ0n) is 17.3. The lowest BCUT2D eigenvalue weighted by molar-refractivity contribution is 0.0974. The summed E-state index contributed by atoms with van der Waals surface area (Å²) >= 11 is 1.33. The van der Waals surface area contributed by atoms with Crippen LogP contribution >= 0.6 is 23.7 Å². The monoisotopic (exact) mass is 439 g/mol. The smallest absolute Gasteiger partial charge is 0.278 e. The molecular weight excluding hydrogens is 413 g/mol. The second kappa shape index (κ2) is 9.65. The maximum atomic E-state index is 14.1. The van der Waals surface area contributed by atoms with Crippen molar-refractivity contribution in [2.24, 2.45) is 0 Å². The van der Waals surface area contributed by atoms with Gasteiger partial charge in [0.2, 0.25) is 0 Å². The predicted octanol–water partition coefficient (Wildman–Crippen LogP) is 4.54. The molecule has 0 spiro atoms. The van der Waals surface area contributed by atoms with E-state index in [2.05, 4.69) is 15.0 Å². The standard InChI is InChI=1S/C20H26FN5OS.ClH/c1-13(2)26-16(12-14(3)23-26)19(27)25(11-7-10-24(4)5)20-22-18-15(21)8-6-9-17(18)28-20;/h6,8-9,12-13H,7,10-11H2,1-5H3;1H. The van der Waals surface area contributed by atoms with Crippen LogP contribution in [0.3, 0.4) is 0 Å². The van der Waals surface area contributed by atoms with E-state index < -0.39 is 0 Å². The SMILES string of the molecule is Cc1cc(C(=O)N(CCCN(C)C)c2nc3c(F)cccc3s2)n(C(C)C)n1.Cl. The zero-order chi connectivity index (χ0) is 20.4. The number of para-hydroxylation sites is 1. The van der Waals surface area contributed by atoms with Gasteiger partial charge in [-0.05, 0) is 66.0 Å². The van der Waals surface area contributed by atoms with Crippen LogP contribution in [0.25, 0.3) is 10.2 Å². The number of nitrogens with zero attached hydrogens (tertiary/aromatic N) is 5. The van der Waals surface area contributed by atoms with Gasteiger partial charge in [0, 0.05) is 12.6 Å². The molecule has 3 rings (SSSR count). The molecule has 0 saturated heterocycles. The highest BCUT2D eigenvalue weighted by Gasteiger charge is 2.26. The molecule has 0 aliphatic heterocycles. The Morgan fingerprint density at radius 2 is 2.00 bits per heavy atom. The number of halogens is 2. The third-order valence-corrected chi connectivity index (χ3v) is 5.43. The van der Waals surface area contributed by atoms with E-state index in [0.717, 1.165) is 23.4 Å². The van der Waals surface area contributed by atoms with Crippen molar-refractivity contribution in [1.82, 2.24) is 19.7 Å². The second-order valence-electron chi connectivity index (χ2n) is 7.41. The lowest BCUT2D eigenvalue weighted by Gasteiger charge is -2.22. The number of rotatable bonds is 7. The fraction of sp³-hybridized carbons (Fsp3) is 0.450. The third-order valence-electron chi connectivity index (χ3n) is 4.39. The molecule has 158 valence electrons. The minimum atomic E-state index is -0.372. The number of fused-ring (bicyclic) bond motifs is 1. The van der Waals surface area contributed by atoms with Gasteiger partial charge in [0.15, 0.2) is 5.13 Å². The summed E-state index contributed by atoms with van der Waals surface area (Å²) in [6.07, 6.45) is 0.784. The van der Waals surface area contributed by atoms with E-state index in [4.69, 9.17) is 0 Å². The number of carbonyl (C=O) groups is 1. The van der Waals surface area contributed by atoms with Crippen LogP contribution in [0.15, 0.2) is 24.3 Å². The minimum Gasteiger partial charge on any atom is -0.309 e. The van der Waals surface area contributed by atoms with Crippen LogP contribution in [0, 0.1) is 12.7 Å². The van der Waals surface area contributed by atoms with Crippen molar-refractivity contribution >= 4 is 45.0 Å². The summed E-state index contributed by atoms with van der Waals surface area (Å²) in [5, 5.41) is 4.97. The molecule has 6 nitrogen and oxygen atoms in total. The molecule has 1 aromatic carbocycles. The minimum absolute atomic E-state index is 0. The Kier molecular flexibility index (Phi) is 7.73. The maximum Gasteiger partial charge on any atom is 0.278 e. The molecule has 0 bridgehead atoms. The highest BCUT2D eigenvalue weighted by molar-refractivity contribution is 7.22. The molecule has 1 amide bonds. The largest absolute Gasteiger partial charge is 0.309 e. The van der Waals surface area contributed by atoms with Crippen LogP contribution in [0.5, 0.6) is 0 Å². The molecule has 2 heterocycles. The molecule has 9 heteroatoms. The Hall–Kier alpha value is -2.03. The molecule has 0 atom stereocenters. The first-order chi connectivity index (χ1) is 13.3. The molecule has 0 N–H and O–H groups in total. The summed E-state index contributed by atoms with van der Waals surface area (Å²) in [5.74, 6) is -0.531. The van der Waals surface area contributed by atoms with Gasteiger partial charge >= 0.3 is 0 Å². The van der Waals surface area contributed by atoms with Crippen LogP contribution in [0.4, 0.5) is 9.52 Å². The summed E-state index contributed by atoms with van der Waals surface area (Å²) in [7, 11) is 3.99. The third kappa shape index (κ3) is 5.12. The van der Waals surface area contributed by atoms with Gasteiger partial charge in [0.05, 0.1) is 10.4 Å². The number of amides is 1. The summed E-state index contributed by atoms with van der Waals surface area (Å²) in [5.41, 5.74) is 1.62. The van der Waals surface area contributed by atoms with Gasteiger partial charge in [-0.25, -0.2) is 9.37 Å². The molecule has 0 fully saturated rings. The lowest BCUT2D eigenvalue weighted by Crippen LogP contribution is -2.35. The number of hydrogen-bond acceptors (Lipinski definition) is 5. The normalized spacial score (nSPS) is 11.3. The fourth-order valence-electron chi connectivity index (χ4n) is 3.06. The number of aryl methyl sites for hydroxylation is 1. The van der Waals surface area contributed by atoms with Gasteiger partial charge in [0.1, 0.15) is 17.0 Å². The van der Waals surface area contributed by atoms with E-state index in [-0.39, 0.29) is 30.2 Å². The molecule has 0 saturated carbocycles. The lowest BCUT2D eigenvalue weighted by atomic mass is 10.3. The van der Waals surface area contributed by atoms with Crippen molar-refractivity contribution in [2.75, 3.05) is 32.1 Å². The van der Waals surface area contributed by atoms with E-state index >= 15 is 0 Å². The summed E-state index contributed by atoms with van der Waals surface area (Å²) in [6.45, 7) is 7.20. The highest BCUT2D eigenvalue weighted by atomic mass is 35.5. The number of aromatic nitrogens is 3. The van der Waals surface area contributed by atoms with Crippen molar-refractivity contribution < 1.29 is 9.18 Å². The van der Waals surface area contributed by atoms with Crippen LogP contribution in [-0.4, -0.2) is 52.8 Å². The van der Waals surface area contributed by atoms with E-state index in [1.54, 1.807) is 21.7 Å². The number of carbonyl (C=O) groups excluding carboxylic acids is 1. The first-order valence-corrected chi connectivity index (χ1v) is 10.2. The number of anilines is 1. The average Bonchev–Trinajstić information content (AvgIpc) is 3.22. The highest BCUT2D eigenvalue weighted by Crippen LogP contribution is 2.31. The molecule has 0 aliphatic rings. The Morgan fingerprint density at radius 1 is 1.28 bits per heavy atom. The van der Waals surface area contributed by atoms with Crippen LogP contribution in [0.2, 0.25) is 0 Å². The van der Waals surface area contributed by atoms with Crippen molar-refractivity contribution in [3.63, 3.8) is 0 Å². The number of benzene rings is 1. The molecule has 3 aromatic rings. The van der Waals surface area contributed by atoms with Crippen molar-refractivity contribution in [3.05, 3.63) is 41.5 Å². The van der Waals surface area contributed by atoms with E-state index in [1.165, 1.54) is 17.4 Å². The van der Waals surface area contributed by atoms with E-state index in [1.807, 2.05) is 40.9 Å². The van der Waals surface area contributed by atoms with Crippen LogP contribution in [-0.2, 0) is 0 Å². The Bertz CT molecular complexity index is 985. The summed E-state index contributed by atoms with van der Waals surface area (Å²) in [4.78, 5) is 21.6. The van der Waals surface area contributed by atoms with Gasteiger partial charge in [-0.15, -0.1) is 12.4 Å². The van der Waals surface area contributed by atoms with Crippen LogP contribution in [0.1, 0.15) is 42.5 Å². The maximum absolute atomic E-state index is 14.1. The topological polar surface area (TPSA) is 54.3 Å². The summed E-state index contributed by atoms with van der Waals surface area (Å²) < 4.78 is 16.6. The molecule has 2 aromatic heterocycles. The predicted molar refractivity (Wildman–Crippen MR) is 119 cm³/mol. The van der Waals surface area contributed by atoms with Crippen molar-refractivity contribution in [1.29, 1.82) is 0 Å². The van der Waals surface area contributed by atoms with E-state index in [9.17, 15) is 9.18 Å². The second-order valence-corrected chi connectivity index (χ2v) is 8.42. The first-order valence-electron chi connectivity index (χ1n) is 9.35. The molecule has 29 heavy (non-hydrogen) atoms. The average molecular weight is 440 g/mol. The van der Waals surface area contributed by atoms with Gasteiger partial charge in [-0.2, -0.15) is 5.10 Å². The van der Waals surface area contributed by atoms with Crippen LogP contribution < -0.4 is 4.90 Å².